The van der Waals surface area contributed by atoms with Gasteiger partial charge in [0.25, 0.3) is 5.91 Å². The van der Waals surface area contributed by atoms with Crippen molar-refractivity contribution in [1.82, 2.24) is 9.88 Å². The van der Waals surface area contributed by atoms with Gasteiger partial charge in [0.05, 0.1) is 6.10 Å². The molecule has 2 bridgehead atoms. The number of nitrogens with zero attached hydrogens (tertiary/aromatic N) is 1. The zero-order valence-corrected chi connectivity index (χ0v) is 11.9. The van der Waals surface area contributed by atoms with Crippen molar-refractivity contribution < 1.29 is 9.53 Å². The van der Waals surface area contributed by atoms with Gasteiger partial charge in [0.15, 0.2) is 0 Å². The van der Waals surface area contributed by atoms with Crippen molar-refractivity contribution in [2.75, 3.05) is 20.2 Å². The number of aromatic amines is 1. The van der Waals surface area contributed by atoms with Crippen molar-refractivity contribution in [3.8, 4) is 0 Å². The Morgan fingerprint density at radius 1 is 1.30 bits per heavy atom. The predicted octanol–water partition coefficient (Wildman–Crippen LogP) is 1.18. The normalized spacial score (nSPS) is 28.7. The highest BCUT2D eigenvalue weighted by Crippen LogP contribution is 2.38. The van der Waals surface area contributed by atoms with E-state index in [1.54, 1.807) is 20.1 Å². The number of H-pyrrole nitrogens is 1. The number of carbonyl (C=O) groups is 1. The van der Waals surface area contributed by atoms with Crippen LogP contribution in [0.4, 0.5) is 0 Å². The Labute approximate surface area is 117 Å². The Balaban J connectivity index is 1.81. The molecule has 20 heavy (non-hydrogen) atoms. The maximum Gasteiger partial charge on any atom is 0.254 e. The summed E-state index contributed by atoms with van der Waals surface area (Å²) in [5.41, 5.74) is 0.986. The Morgan fingerprint density at radius 3 is 2.50 bits per heavy atom. The summed E-state index contributed by atoms with van der Waals surface area (Å²) in [5.74, 6) is 0.835. The quantitative estimate of drug-likeness (QED) is 0.882. The number of methoxy groups -OCH3 is 1. The van der Waals surface area contributed by atoms with Crippen molar-refractivity contribution in [1.29, 1.82) is 0 Å². The standard InChI is InChI=1S/C15H20N2O3/c1-9-5-12(6-13(18)16-9)15(19)17-7-10-3-4-11(8-17)14(10)20-2/h5-6,10-11,14H,3-4,7-8H2,1-2H3,(H,16,18)/t10-,11+,14?. The molecule has 5 nitrogen and oxygen atoms in total. The molecule has 1 aromatic rings. The number of amides is 1. The van der Waals surface area contributed by atoms with Gasteiger partial charge in [-0.3, -0.25) is 9.59 Å². The minimum absolute atomic E-state index is 0.0364. The Morgan fingerprint density at radius 2 is 1.95 bits per heavy atom. The lowest BCUT2D eigenvalue weighted by Crippen LogP contribution is -2.48. The van der Waals surface area contributed by atoms with Gasteiger partial charge >= 0.3 is 0 Å². The maximum atomic E-state index is 12.6. The zero-order valence-electron chi connectivity index (χ0n) is 11.9. The molecule has 0 aromatic carbocycles. The average molecular weight is 276 g/mol. The monoisotopic (exact) mass is 276 g/mol. The molecule has 108 valence electrons. The van der Waals surface area contributed by atoms with Crippen LogP contribution in [0.3, 0.4) is 0 Å². The zero-order chi connectivity index (χ0) is 14.3. The van der Waals surface area contributed by atoms with E-state index in [-0.39, 0.29) is 11.5 Å². The summed E-state index contributed by atoms with van der Waals surface area (Å²) in [6.45, 7) is 3.26. The van der Waals surface area contributed by atoms with E-state index in [0.717, 1.165) is 31.6 Å². The van der Waals surface area contributed by atoms with E-state index in [4.69, 9.17) is 4.74 Å². The first kappa shape index (κ1) is 13.4. The van der Waals surface area contributed by atoms with Crippen LogP contribution in [-0.4, -0.2) is 42.1 Å². The Bertz CT molecular complexity index is 567. The van der Waals surface area contributed by atoms with Gasteiger partial charge in [0.2, 0.25) is 5.56 Å². The SMILES string of the molecule is COC1[C@@H]2CC[C@H]1CN(C(=O)c1cc(C)[nH]c(=O)c1)C2. The molecule has 1 aliphatic carbocycles. The maximum absolute atomic E-state index is 12.6. The third kappa shape index (κ3) is 2.26. The lowest BCUT2D eigenvalue weighted by molar-refractivity contribution is -0.0113. The summed E-state index contributed by atoms with van der Waals surface area (Å²) in [7, 11) is 1.76. The predicted molar refractivity (Wildman–Crippen MR) is 74.7 cm³/mol. The van der Waals surface area contributed by atoms with Crippen LogP contribution in [0.2, 0.25) is 0 Å². The Kier molecular flexibility index (Phi) is 3.38. The number of likely N-dealkylation sites (tertiary alicyclic amines) is 1. The minimum atomic E-state index is -0.219. The molecule has 3 rings (SSSR count). The number of rotatable bonds is 2. The van der Waals surface area contributed by atoms with Crippen LogP contribution < -0.4 is 5.56 Å². The first-order valence-corrected chi connectivity index (χ1v) is 7.11. The molecule has 2 aliphatic rings. The summed E-state index contributed by atoms with van der Waals surface area (Å²) in [4.78, 5) is 28.6. The van der Waals surface area contributed by atoms with Gasteiger partial charge in [-0.1, -0.05) is 0 Å². The number of nitrogens with one attached hydrogen (secondary N) is 1. The fraction of sp³-hybridized carbons (Fsp3) is 0.600. The summed E-state index contributed by atoms with van der Waals surface area (Å²) in [6.07, 6.45) is 2.54. The summed E-state index contributed by atoms with van der Waals surface area (Å²) >= 11 is 0. The fourth-order valence-electron chi connectivity index (χ4n) is 3.71. The van der Waals surface area contributed by atoms with Gasteiger partial charge in [-0.2, -0.15) is 0 Å². The molecule has 2 heterocycles. The van der Waals surface area contributed by atoms with Crippen LogP contribution in [0.1, 0.15) is 28.9 Å². The molecule has 1 aromatic heterocycles. The number of aromatic nitrogens is 1. The lowest BCUT2D eigenvalue weighted by Gasteiger charge is -2.37. The first-order valence-electron chi connectivity index (χ1n) is 7.11. The third-order valence-corrected chi connectivity index (χ3v) is 4.53. The summed E-state index contributed by atoms with van der Waals surface area (Å²) < 4.78 is 5.56. The lowest BCUT2D eigenvalue weighted by atomic mass is 9.94. The molecule has 1 saturated carbocycles. The highest BCUT2D eigenvalue weighted by molar-refractivity contribution is 5.94. The number of hydrogen-bond acceptors (Lipinski definition) is 3. The molecule has 1 aliphatic heterocycles. The van der Waals surface area contributed by atoms with E-state index in [1.807, 2.05) is 4.90 Å². The smallest absolute Gasteiger partial charge is 0.254 e. The number of ether oxygens (including phenoxy) is 1. The molecule has 1 unspecified atom stereocenters. The molecular formula is C15H20N2O3. The number of carbonyl (C=O) groups excluding carboxylic acids is 1. The van der Waals surface area contributed by atoms with Crippen LogP contribution in [0, 0.1) is 18.8 Å². The van der Waals surface area contributed by atoms with Gasteiger partial charge in [-0.15, -0.1) is 0 Å². The second-order valence-corrected chi connectivity index (χ2v) is 5.92. The average Bonchev–Trinajstić information content (AvgIpc) is 2.65. The number of aryl methyl sites for hydroxylation is 1. The summed E-state index contributed by atoms with van der Waals surface area (Å²) in [5, 5.41) is 0. The fourth-order valence-corrected chi connectivity index (χ4v) is 3.71. The molecule has 1 saturated heterocycles. The van der Waals surface area contributed by atoms with E-state index in [1.165, 1.54) is 6.07 Å². The highest BCUT2D eigenvalue weighted by atomic mass is 16.5. The molecule has 1 amide bonds. The van der Waals surface area contributed by atoms with E-state index in [9.17, 15) is 9.59 Å². The topological polar surface area (TPSA) is 62.4 Å². The largest absolute Gasteiger partial charge is 0.381 e. The Hall–Kier alpha value is -1.62. The molecule has 5 heteroatoms. The van der Waals surface area contributed by atoms with Crippen molar-refractivity contribution in [2.24, 2.45) is 11.8 Å². The second-order valence-electron chi connectivity index (χ2n) is 5.92. The molecule has 1 N–H and O–H groups in total. The first-order chi connectivity index (χ1) is 9.58. The van der Waals surface area contributed by atoms with Crippen LogP contribution in [0.15, 0.2) is 16.9 Å². The molecule has 3 atom stereocenters. The van der Waals surface area contributed by atoms with Crippen molar-refractivity contribution >= 4 is 5.91 Å². The van der Waals surface area contributed by atoms with Crippen LogP contribution >= 0.6 is 0 Å². The highest BCUT2D eigenvalue weighted by Gasteiger charge is 2.43. The van der Waals surface area contributed by atoms with Gasteiger partial charge in [-0.05, 0) is 25.8 Å². The number of pyridine rings is 1. The van der Waals surface area contributed by atoms with Crippen LogP contribution in [0.25, 0.3) is 0 Å². The van der Waals surface area contributed by atoms with Gasteiger partial charge in [0, 0.05) is 49.4 Å². The van der Waals surface area contributed by atoms with Crippen molar-refractivity contribution in [3.63, 3.8) is 0 Å². The molecular weight excluding hydrogens is 256 g/mol. The number of piperidine rings is 1. The van der Waals surface area contributed by atoms with Crippen LogP contribution in [-0.2, 0) is 4.74 Å². The van der Waals surface area contributed by atoms with E-state index in [2.05, 4.69) is 4.98 Å². The van der Waals surface area contributed by atoms with E-state index >= 15 is 0 Å². The minimum Gasteiger partial charge on any atom is -0.381 e. The van der Waals surface area contributed by atoms with E-state index in [0.29, 0.717) is 23.5 Å². The third-order valence-electron chi connectivity index (χ3n) is 4.53. The second kappa shape index (κ2) is 5.05. The molecule has 0 radical (unpaired) electrons. The number of fused-ring (bicyclic) bond motifs is 2. The molecule has 0 spiro atoms. The van der Waals surface area contributed by atoms with Crippen molar-refractivity contribution in [3.05, 3.63) is 33.7 Å². The van der Waals surface area contributed by atoms with E-state index < -0.39 is 0 Å². The molecule has 2 fully saturated rings. The van der Waals surface area contributed by atoms with Gasteiger partial charge < -0.3 is 14.6 Å². The number of hydrogen-bond donors (Lipinski definition) is 1. The van der Waals surface area contributed by atoms with Gasteiger partial charge in [0.1, 0.15) is 0 Å². The van der Waals surface area contributed by atoms with Crippen LogP contribution in [0.5, 0.6) is 0 Å². The van der Waals surface area contributed by atoms with Crippen molar-refractivity contribution in [2.45, 2.75) is 25.9 Å². The summed E-state index contributed by atoms with van der Waals surface area (Å²) in [6, 6.07) is 3.13. The van der Waals surface area contributed by atoms with Gasteiger partial charge in [-0.25, -0.2) is 0 Å².